The van der Waals surface area contributed by atoms with Gasteiger partial charge in [-0.25, -0.2) is 0 Å². The number of aliphatic hydroxyl groups excluding tert-OH is 1. The zero-order chi connectivity index (χ0) is 57.0. The number of rotatable bonds is 65. The zero-order valence-corrected chi connectivity index (χ0v) is 54.0. The minimum Gasteiger partial charge on any atom is -0.756 e. The first-order chi connectivity index (χ1) is 38.0. The molecule has 1 amide bonds. The van der Waals surface area contributed by atoms with Crippen LogP contribution in [0.25, 0.3) is 0 Å². The molecule has 9 heteroatoms. The highest BCUT2D eigenvalue weighted by Crippen LogP contribution is 2.38. The Morgan fingerprint density at radius 1 is 0.449 bits per heavy atom. The van der Waals surface area contributed by atoms with Gasteiger partial charge in [0, 0.05) is 6.42 Å². The number of unbranched alkanes of at least 4 members (excludes halogenated alkanes) is 48. The largest absolute Gasteiger partial charge is 0.756 e. The number of hydrogen-bond donors (Lipinski definition) is 2. The number of carbonyl (C=O) groups is 1. The molecule has 0 aromatic heterocycles. The first kappa shape index (κ1) is 77.0. The molecule has 0 bridgehead atoms. The molecule has 3 atom stereocenters. The normalized spacial score (nSPS) is 13.8. The maximum atomic E-state index is 13.0. The highest BCUT2D eigenvalue weighted by Gasteiger charge is 2.24. The number of amides is 1. The third-order valence-electron chi connectivity index (χ3n) is 16.2. The van der Waals surface area contributed by atoms with Crippen molar-refractivity contribution in [1.29, 1.82) is 0 Å². The van der Waals surface area contributed by atoms with Crippen LogP contribution in [0.4, 0.5) is 0 Å². The molecule has 0 aromatic rings. The van der Waals surface area contributed by atoms with Crippen LogP contribution < -0.4 is 10.2 Å². The van der Waals surface area contributed by atoms with Crippen LogP contribution in [0.2, 0.25) is 0 Å². The molecule has 0 heterocycles. The number of carbonyl (C=O) groups excluding carboxylic acids is 1. The lowest BCUT2D eigenvalue weighted by Crippen LogP contribution is -2.46. The van der Waals surface area contributed by atoms with Gasteiger partial charge in [0.15, 0.2) is 0 Å². The van der Waals surface area contributed by atoms with Gasteiger partial charge in [-0.2, -0.15) is 0 Å². The molecule has 0 radical (unpaired) electrons. The minimum atomic E-state index is -4.57. The van der Waals surface area contributed by atoms with Crippen molar-refractivity contribution in [2.24, 2.45) is 0 Å². The SMILES string of the molecule is CCCCCCC/C=C\C/C=C\CCCCCCCCCCCCCCCCCCCCCCCCCCCCCC(=O)NC(COP(=O)([O-])OCC[N+](C)(C)C)C(O)CCCCCCCCCCCCCCCCCCC. The van der Waals surface area contributed by atoms with E-state index in [-0.39, 0.29) is 19.1 Å². The Balaban J connectivity index is 3.87. The Bertz CT molecular complexity index is 1320. The Morgan fingerprint density at radius 3 is 1.06 bits per heavy atom. The molecule has 0 aliphatic heterocycles. The van der Waals surface area contributed by atoms with E-state index < -0.39 is 20.0 Å². The van der Waals surface area contributed by atoms with Crippen molar-refractivity contribution >= 4 is 13.7 Å². The Labute approximate surface area is 487 Å². The summed E-state index contributed by atoms with van der Waals surface area (Å²) < 4.78 is 23.5. The van der Waals surface area contributed by atoms with Gasteiger partial charge in [-0.05, 0) is 44.9 Å². The van der Waals surface area contributed by atoms with Crippen molar-refractivity contribution in [3.05, 3.63) is 24.3 Å². The quantitative estimate of drug-likeness (QED) is 0.0272. The van der Waals surface area contributed by atoms with Gasteiger partial charge in [0.25, 0.3) is 7.82 Å². The van der Waals surface area contributed by atoms with Gasteiger partial charge in [-0.3, -0.25) is 9.36 Å². The van der Waals surface area contributed by atoms with Gasteiger partial charge in [0.1, 0.15) is 13.2 Å². The van der Waals surface area contributed by atoms with Crippen LogP contribution in [0.5, 0.6) is 0 Å². The summed E-state index contributed by atoms with van der Waals surface area (Å²) in [6.45, 7) is 4.76. The fourth-order valence-corrected chi connectivity index (χ4v) is 11.5. The number of allylic oxidation sites excluding steroid dienone is 4. The zero-order valence-electron chi connectivity index (χ0n) is 53.2. The van der Waals surface area contributed by atoms with E-state index in [4.69, 9.17) is 9.05 Å². The maximum absolute atomic E-state index is 13.0. The van der Waals surface area contributed by atoms with Crippen LogP contribution in [0.1, 0.15) is 361 Å². The highest BCUT2D eigenvalue weighted by molar-refractivity contribution is 7.45. The second-order valence-corrected chi connectivity index (χ2v) is 26.7. The first-order valence-electron chi connectivity index (χ1n) is 34.7. The predicted molar refractivity (Wildman–Crippen MR) is 339 cm³/mol. The van der Waals surface area contributed by atoms with Gasteiger partial charge < -0.3 is 28.8 Å². The number of likely N-dealkylation sites (N-methyl/N-ethyl adjacent to an activating group) is 1. The van der Waals surface area contributed by atoms with E-state index in [1.54, 1.807) is 0 Å². The summed E-state index contributed by atoms with van der Waals surface area (Å²) in [5, 5.41) is 14.1. The number of phosphoric acid groups is 1. The molecule has 0 spiro atoms. The smallest absolute Gasteiger partial charge is 0.268 e. The average molecular weight is 1120 g/mol. The number of hydrogen-bond acceptors (Lipinski definition) is 6. The van der Waals surface area contributed by atoms with E-state index in [0.717, 1.165) is 44.9 Å². The topological polar surface area (TPSA) is 108 Å². The van der Waals surface area contributed by atoms with E-state index in [2.05, 4.69) is 43.5 Å². The second-order valence-electron chi connectivity index (χ2n) is 25.2. The van der Waals surface area contributed by atoms with E-state index in [1.165, 1.54) is 289 Å². The van der Waals surface area contributed by atoms with E-state index in [0.29, 0.717) is 23.9 Å². The molecule has 2 N–H and O–H groups in total. The average Bonchev–Trinajstić information content (AvgIpc) is 3.40. The molecule has 8 nitrogen and oxygen atoms in total. The van der Waals surface area contributed by atoms with Gasteiger partial charge in [0.2, 0.25) is 5.91 Å². The Morgan fingerprint density at radius 2 is 0.744 bits per heavy atom. The molecular formula is C69H137N2O6P. The number of nitrogens with one attached hydrogen (secondary N) is 1. The molecule has 3 unspecified atom stereocenters. The van der Waals surface area contributed by atoms with Crippen LogP contribution in [0.15, 0.2) is 24.3 Å². The van der Waals surface area contributed by atoms with Crippen LogP contribution >= 0.6 is 7.82 Å². The van der Waals surface area contributed by atoms with Crippen LogP contribution in [-0.2, 0) is 18.4 Å². The van der Waals surface area contributed by atoms with Crippen molar-refractivity contribution < 1.29 is 32.9 Å². The molecule has 0 saturated carbocycles. The standard InChI is InChI=1S/C69H137N2O6P/c1-6-8-10-12-14-16-18-20-22-24-25-26-27-28-29-30-31-32-33-34-35-36-37-38-39-40-41-42-43-44-45-47-49-51-53-55-57-59-61-63-69(73)70-67(66-77-78(74,75)76-65-64-71(3,4)5)68(72)62-60-58-56-54-52-50-48-46-23-21-19-17-15-13-11-9-7-2/h18,20,24-25,67-68,72H,6-17,19,21-23,26-66H2,1-5H3,(H-,70,73,74,75)/b20-18-,25-24-. The fraction of sp³-hybridized carbons (Fsp3) is 0.928. The van der Waals surface area contributed by atoms with Crippen molar-refractivity contribution in [3.63, 3.8) is 0 Å². The summed E-state index contributed by atoms with van der Waals surface area (Å²) in [5.41, 5.74) is 0. The lowest BCUT2D eigenvalue weighted by Gasteiger charge is -2.30. The van der Waals surface area contributed by atoms with Crippen molar-refractivity contribution in [2.45, 2.75) is 373 Å². The summed E-state index contributed by atoms with van der Waals surface area (Å²) >= 11 is 0. The molecule has 0 saturated heterocycles. The molecule has 0 aromatic carbocycles. The van der Waals surface area contributed by atoms with Crippen molar-refractivity contribution in [2.75, 3.05) is 40.9 Å². The van der Waals surface area contributed by atoms with Crippen LogP contribution in [-0.4, -0.2) is 68.5 Å². The second kappa shape index (κ2) is 60.6. The molecule has 0 fully saturated rings. The van der Waals surface area contributed by atoms with Gasteiger partial charge >= 0.3 is 0 Å². The third kappa shape index (κ3) is 62.6. The number of phosphoric ester groups is 1. The van der Waals surface area contributed by atoms with E-state index in [9.17, 15) is 19.4 Å². The summed E-state index contributed by atoms with van der Waals surface area (Å²) in [5.74, 6) is -0.156. The molecule has 0 rings (SSSR count). The third-order valence-corrected chi connectivity index (χ3v) is 17.2. The van der Waals surface area contributed by atoms with Gasteiger partial charge in [-0.15, -0.1) is 0 Å². The fourth-order valence-electron chi connectivity index (χ4n) is 10.8. The van der Waals surface area contributed by atoms with Crippen LogP contribution in [0.3, 0.4) is 0 Å². The monoisotopic (exact) mass is 1120 g/mol. The van der Waals surface area contributed by atoms with Gasteiger partial charge in [-0.1, -0.05) is 334 Å². The summed E-state index contributed by atoms with van der Waals surface area (Å²) in [7, 11) is 1.32. The summed E-state index contributed by atoms with van der Waals surface area (Å²) in [6, 6.07) is -0.797. The summed E-state index contributed by atoms with van der Waals surface area (Å²) in [4.78, 5) is 25.6. The molecule has 464 valence electrons. The molecular weight excluding hydrogens is 984 g/mol. The number of aliphatic hydroxyl groups is 1. The highest BCUT2D eigenvalue weighted by atomic mass is 31.2. The Hall–Kier alpha value is -1.02. The first-order valence-corrected chi connectivity index (χ1v) is 36.1. The minimum absolute atomic E-state index is 0.0155. The lowest BCUT2D eigenvalue weighted by molar-refractivity contribution is -0.870. The lowest BCUT2D eigenvalue weighted by atomic mass is 10.0. The van der Waals surface area contributed by atoms with Crippen molar-refractivity contribution in [1.82, 2.24) is 5.32 Å². The maximum Gasteiger partial charge on any atom is 0.268 e. The van der Waals surface area contributed by atoms with Gasteiger partial charge in [0.05, 0.1) is 39.9 Å². The summed E-state index contributed by atoms with van der Waals surface area (Å²) in [6.07, 6.45) is 78.4. The Kier molecular flexibility index (Phi) is 59.8. The van der Waals surface area contributed by atoms with Crippen LogP contribution in [0, 0.1) is 0 Å². The molecule has 0 aliphatic rings. The van der Waals surface area contributed by atoms with Crippen molar-refractivity contribution in [3.8, 4) is 0 Å². The molecule has 78 heavy (non-hydrogen) atoms. The van der Waals surface area contributed by atoms with E-state index >= 15 is 0 Å². The number of quaternary nitrogens is 1. The molecule has 0 aliphatic carbocycles. The number of nitrogens with zero attached hydrogens (tertiary/aromatic N) is 1. The van der Waals surface area contributed by atoms with E-state index in [1.807, 2.05) is 21.1 Å². The predicted octanol–water partition coefficient (Wildman–Crippen LogP) is 21.3.